The van der Waals surface area contributed by atoms with Crippen molar-refractivity contribution < 1.29 is 9.53 Å². The van der Waals surface area contributed by atoms with Gasteiger partial charge in [-0.2, -0.15) is 0 Å². The summed E-state index contributed by atoms with van der Waals surface area (Å²) in [5, 5.41) is 0. The van der Waals surface area contributed by atoms with Gasteiger partial charge in [0.25, 0.3) is 0 Å². The zero-order chi connectivity index (χ0) is 8.55. The number of ether oxygens (including phenoxy) is 1. The molecule has 1 aromatic heterocycles. The van der Waals surface area contributed by atoms with Crippen LogP contribution in [-0.2, 0) is 4.74 Å². The zero-order valence-electron chi connectivity index (χ0n) is 6.78. The first kappa shape index (κ1) is 7.28. The fourth-order valence-corrected chi connectivity index (χ4v) is 1.37. The van der Waals surface area contributed by atoms with Gasteiger partial charge in [-0.05, 0) is 18.6 Å². The molecule has 1 aromatic rings. The van der Waals surface area contributed by atoms with Crippen LogP contribution < -0.4 is 0 Å². The van der Waals surface area contributed by atoms with E-state index in [0.717, 1.165) is 12.1 Å². The minimum Gasteiger partial charge on any atom is -0.452 e. The van der Waals surface area contributed by atoms with Crippen molar-refractivity contribution in [2.24, 2.45) is 0 Å². The molecule has 0 aliphatic carbocycles. The Morgan fingerprint density at radius 1 is 1.67 bits per heavy atom. The molecule has 0 fully saturated rings. The standard InChI is InChI=1S/C9H9NO2/c1-2-7-8-6(9(11)12-7)4-3-5-10-8/h3-5,7H,2H2,1H3/t7-/m1/s1. The number of aromatic nitrogens is 1. The lowest BCUT2D eigenvalue weighted by Crippen LogP contribution is -1.96. The van der Waals surface area contributed by atoms with Gasteiger partial charge in [-0.1, -0.05) is 6.92 Å². The monoisotopic (exact) mass is 163 g/mol. The molecular formula is C9H9NO2. The van der Waals surface area contributed by atoms with E-state index in [1.54, 1.807) is 18.3 Å². The molecule has 0 N–H and O–H groups in total. The van der Waals surface area contributed by atoms with Crippen molar-refractivity contribution in [1.82, 2.24) is 4.98 Å². The van der Waals surface area contributed by atoms with Gasteiger partial charge in [0.2, 0.25) is 0 Å². The second kappa shape index (κ2) is 2.59. The third kappa shape index (κ3) is 0.897. The molecule has 3 heteroatoms. The maximum absolute atomic E-state index is 11.2. The molecule has 0 aromatic carbocycles. The molecule has 0 amide bonds. The van der Waals surface area contributed by atoms with Crippen LogP contribution in [0.3, 0.4) is 0 Å². The van der Waals surface area contributed by atoms with Crippen LogP contribution in [0.5, 0.6) is 0 Å². The van der Waals surface area contributed by atoms with Crippen LogP contribution in [-0.4, -0.2) is 11.0 Å². The quantitative estimate of drug-likeness (QED) is 0.591. The lowest BCUT2D eigenvalue weighted by molar-refractivity contribution is 0.0373. The van der Waals surface area contributed by atoms with E-state index in [0.29, 0.717) is 5.56 Å². The summed E-state index contributed by atoms with van der Waals surface area (Å²) < 4.78 is 5.08. The van der Waals surface area contributed by atoms with Gasteiger partial charge < -0.3 is 4.74 Å². The predicted octanol–water partition coefficient (Wildman–Crippen LogP) is 1.70. The van der Waals surface area contributed by atoms with Gasteiger partial charge in [0, 0.05) is 6.20 Å². The van der Waals surface area contributed by atoms with Crippen LogP contribution in [0.25, 0.3) is 0 Å². The second-order valence-corrected chi connectivity index (χ2v) is 2.74. The lowest BCUT2D eigenvalue weighted by Gasteiger charge is -2.04. The van der Waals surface area contributed by atoms with Crippen molar-refractivity contribution in [3.8, 4) is 0 Å². The first-order valence-corrected chi connectivity index (χ1v) is 3.99. The minimum absolute atomic E-state index is 0.131. The van der Waals surface area contributed by atoms with Gasteiger partial charge >= 0.3 is 5.97 Å². The van der Waals surface area contributed by atoms with Crippen LogP contribution in [0.1, 0.15) is 35.5 Å². The number of nitrogens with zero attached hydrogens (tertiary/aromatic N) is 1. The average molecular weight is 163 g/mol. The van der Waals surface area contributed by atoms with Crippen molar-refractivity contribution in [3.63, 3.8) is 0 Å². The number of hydrogen-bond donors (Lipinski definition) is 0. The van der Waals surface area contributed by atoms with Crippen molar-refractivity contribution in [1.29, 1.82) is 0 Å². The highest BCUT2D eigenvalue weighted by molar-refractivity contribution is 5.93. The third-order valence-corrected chi connectivity index (χ3v) is 1.98. The highest BCUT2D eigenvalue weighted by atomic mass is 16.5. The van der Waals surface area contributed by atoms with Gasteiger partial charge in [0.15, 0.2) is 0 Å². The summed E-state index contributed by atoms with van der Waals surface area (Å²) in [6.45, 7) is 1.97. The normalized spacial score (nSPS) is 20.4. The van der Waals surface area contributed by atoms with Gasteiger partial charge in [-0.25, -0.2) is 4.79 Å². The van der Waals surface area contributed by atoms with E-state index in [4.69, 9.17) is 4.74 Å². The van der Waals surface area contributed by atoms with E-state index in [-0.39, 0.29) is 12.1 Å². The van der Waals surface area contributed by atoms with Gasteiger partial charge in [-0.3, -0.25) is 4.98 Å². The number of carbonyl (C=O) groups is 1. The molecule has 0 saturated heterocycles. The molecule has 0 unspecified atom stereocenters. The topological polar surface area (TPSA) is 39.2 Å². The van der Waals surface area contributed by atoms with Gasteiger partial charge in [0.05, 0.1) is 11.3 Å². The van der Waals surface area contributed by atoms with Crippen LogP contribution in [0.15, 0.2) is 18.3 Å². The number of hydrogen-bond acceptors (Lipinski definition) is 3. The number of esters is 1. The van der Waals surface area contributed by atoms with Crippen LogP contribution in [0, 0.1) is 0 Å². The fraction of sp³-hybridized carbons (Fsp3) is 0.333. The number of cyclic esters (lactones) is 1. The molecule has 0 spiro atoms. The first-order valence-electron chi connectivity index (χ1n) is 3.99. The molecule has 62 valence electrons. The summed E-state index contributed by atoms with van der Waals surface area (Å²) in [5.74, 6) is -0.245. The Morgan fingerprint density at radius 3 is 3.25 bits per heavy atom. The number of pyridine rings is 1. The molecular weight excluding hydrogens is 154 g/mol. The third-order valence-electron chi connectivity index (χ3n) is 1.98. The Balaban J connectivity index is 2.50. The average Bonchev–Trinajstić information content (AvgIpc) is 2.44. The first-order chi connectivity index (χ1) is 5.83. The summed E-state index contributed by atoms with van der Waals surface area (Å²) in [6.07, 6.45) is 2.34. The van der Waals surface area contributed by atoms with Crippen molar-refractivity contribution in [2.75, 3.05) is 0 Å². The Hall–Kier alpha value is -1.38. The Labute approximate surface area is 70.4 Å². The summed E-state index contributed by atoms with van der Waals surface area (Å²) in [6, 6.07) is 3.50. The van der Waals surface area contributed by atoms with E-state index in [9.17, 15) is 4.79 Å². The van der Waals surface area contributed by atoms with E-state index in [1.165, 1.54) is 0 Å². The molecule has 0 saturated carbocycles. The van der Waals surface area contributed by atoms with Crippen LogP contribution >= 0.6 is 0 Å². The van der Waals surface area contributed by atoms with Crippen LogP contribution in [0.2, 0.25) is 0 Å². The summed E-state index contributed by atoms with van der Waals surface area (Å²) in [7, 11) is 0. The largest absolute Gasteiger partial charge is 0.452 e. The fourth-order valence-electron chi connectivity index (χ4n) is 1.37. The molecule has 3 nitrogen and oxygen atoms in total. The molecule has 0 bridgehead atoms. The van der Waals surface area contributed by atoms with E-state index < -0.39 is 0 Å². The highest BCUT2D eigenvalue weighted by Crippen LogP contribution is 2.30. The summed E-state index contributed by atoms with van der Waals surface area (Å²) in [4.78, 5) is 15.3. The Bertz CT molecular complexity index is 322. The molecule has 1 atom stereocenters. The maximum Gasteiger partial charge on any atom is 0.340 e. The molecule has 1 aliphatic rings. The lowest BCUT2D eigenvalue weighted by atomic mass is 10.1. The van der Waals surface area contributed by atoms with Crippen LogP contribution in [0.4, 0.5) is 0 Å². The summed E-state index contributed by atoms with van der Waals surface area (Å²) in [5.41, 5.74) is 1.40. The van der Waals surface area contributed by atoms with Crippen molar-refractivity contribution in [3.05, 3.63) is 29.6 Å². The van der Waals surface area contributed by atoms with E-state index >= 15 is 0 Å². The second-order valence-electron chi connectivity index (χ2n) is 2.74. The maximum atomic E-state index is 11.2. The summed E-state index contributed by atoms with van der Waals surface area (Å²) >= 11 is 0. The van der Waals surface area contributed by atoms with E-state index in [2.05, 4.69) is 4.98 Å². The molecule has 2 rings (SSSR count). The SMILES string of the molecule is CC[C@H]1OC(=O)c2cccnc21. The number of carbonyl (C=O) groups excluding carboxylic acids is 1. The number of fused-ring (bicyclic) bond motifs is 1. The van der Waals surface area contributed by atoms with Gasteiger partial charge in [0.1, 0.15) is 6.10 Å². The smallest absolute Gasteiger partial charge is 0.340 e. The Morgan fingerprint density at radius 2 is 2.50 bits per heavy atom. The van der Waals surface area contributed by atoms with Crippen molar-refractivity contribution in [2.45, 2.75) is 19.4 Å². The molecule has 12 heavy (non-hydrogen) atoms. The molecule has 1 aliphatic heterocycles. The molecule has 2 heterocycles. The highest BCUT2D eigenvalue weighted by Gasteiger charge is 2.30. The van der Waals surface area contributed by atoms with Crippen molar-refractivity contribution >= 4 is 5.97 Å². The number of rotatable bonds is 1. The van der Waals surface area contributed by atoms with E-state index in [1.807, 2.05) is 6.92 Å². The minimum atomic E-state index is -0.245. The Kier molecular flexibility index (Phi) is 1.57. The predicted molar refractivity (Wildman–Crippen MR) is 42.7 cm³/mol. The molecule has 0 radical (unpaired) electrons. The zero-order valence-corrected chi connectivity index (χ0v) is 6.78. The van der Waals surface area contributed by atoms with Gasteiger partial charge in [-0.15, -0.1) is 0 Å².